The SMILES string of the molecule is CC(N)CCC(=O)N1CCc2ccc(Cl)cc21. The normalized spacial score (nSPS) is 15.8. The predicted molar refractivity (Wildman–Crippen MR) is 70.4 cm³/mol. The number of hydrogen-bond acceptors (Lipinski definition) is 2. The summed E-state index contributed by atoms with van der Waals surface area (Å²) in [5, 5.41) is 0.677. The summed E-state index contributed by atoms with van der Waals surface area (Å²) in [6.45, 7) is 2.68. The highest BCUT2D eigenvalue weighted by Crippen LogP contribution is 2.31. The number of rotatable bonds is 3. The van der Waals surface area contributed by atoms with Crippen LogP contribution in [-0.4, -0.2) is 18.5 Å². The van der Waals surface area contributed by atoms with Crippen LogP contribution in [0.5, 0.6) is 0 Å². The quantitative estimate of drug-likeness (QED) is 0.898. The molecule has 4 heteroatoms. The molecule has 92 valence electrons. The van der Waals surface area contributed by atoms with E-state index in [1.54, 1.807) is 0 Å². The molecule has 2 rings (SSSR count). The lowest BCUT2D eigenvalue weighted by Gasteiger charge is -2.18. The van der Waals surface area contributed by atoms with E-state index >= 15 is 0 Å². The van der Waals surface area contributed by atoms with Crippen molar-refractivity contribution in [3.8, 4) is 0 Å². The number of halogens is 1. The first-order valence-corrected chi connectivity index (χ1v) is 6.30. The Kier molecular flexibility index (Phi) is 3.69. The first-order valence-electron chi connectivity index (χ1n) is 5.92. The molecule has 1 aliphatic heterocycles. The van der Waals surface area contributed by atoms with Crippen molar-refractivity contribution in [2.24, 2.45) is 5.73 Å². The maximum Gasteiger partial charge on any atom is 0.227 e. The molecule has 1 heterocycles. The summed E-state index contributed by atoms with van der Waals surface area (Å²) < 4.78 is 0. The summed E-state index contributed by atoms with van der Waals surface area (Å²) in [7, 11) is 0. The van der Waals surface area contributed by atoms with E-state index in [0.717, 1.165) is 25.1 Å². The highest BCUT2D eigenvalue weighted by Gasteiger charge is 2.24. The molecule has 1 unspecified atom stereocenters. The fourth-order valence-corrected chi connectivity index (χ4v) is 2.26. The number of amides is 1. The minimum Gasteiger partial charge on any atom is -0.328 e. The molecule has 0 fully saturated rings. The Morgan fingerprint density at radius 2 is 2.35 bits per heavy atom. The van der Waals surface area contributed by atoms with Crippen molar-refractivity contribution in [1.82, 2.24) is 0 Å². The van der Waals surface area contributed by atoms with Gasteiger partial charge in [0.15, 0.2) is 0 Å². The molecule has 0 aliphatic carbocycles. The number of nitrogens with zero attached hydrogens (tertiary/aromatic N) is 1. The van der Waals surface area contributed by atoms with E-state index in [-0.39, 0.29) is 11.9 Å². The molecule has 1 aromatic carbocycles. The van der Waals surface area contributed by atoms with Crippen molar-refractivity contribution in [3.05, 3.63) is 28.8 Å². The summed E-state index contributed by atoms with van der Waals surface area (Å²) in [4.78, 5) is 13.9. The second kappa shape index (κ2) is 5.07. The van der Waals surface area contributed by atoms with Crippen LogP contribution in [-0.2, 0) is 11.2 Å². The third-order valence-corrected chi connectivity index (χ3v) is 3.29. The van der Waals surface area contributed by atoms with Crippen molar-refractivity contribution in [3.63, 3.8) is 0 Å². The highest BCUT2D eigenvalue weighted by atomic mass is 35.5. The van der Waals surface area contributed by atoms with Gasteiger partial charge in [0.2, 0.25) is 5.91 Å². The summed E-state index contributed by atoms with van der Waals surface area (Å²) in [5.41, 5.74) is 7.83. The number of fused-ring (bicyclic) bond motifs is 1. The number of carbonyl (C=O) groups excluding carboxylic acids is 1. The van der Waals surface area contributed by atoms with Gasteiger partial charge in [-0.1, -0.05) is 17.7 Å². The number of carbonyl (C=O) groups is 1. The molecule has 1 amide bonds. The highest BCUT2D eigenvalue weighted by molar-refractivity contribution is 6.31. The molecule has 1 aromatic rings. The van der Waals surface area contributed by atoms with Crippen LogP contribution in [0.15, 0.2) is 18.2 Å². The standard InChI is InChI=1S/C13H17ClN2O/c1-9(15)2-5-13(17)16-7-6-10-3-4-11(14)8-12(10)16/h3-4,8-9H,2,5-7,15H2,1H3. The lowest BCUT2D eigenvalue weighted by molar-refractivity contribution is -0.118. The minimum atomic E-state index is 0.0698. The van der Waals surface area contributed by atoms with Crippen molar-refractivity contribution in [1.29, 1.82) is 0 Å². The first-order chi connectivity index (χ1) is 8.08. The molecular weight excluding hydrogens is 236 g/mol. The largest absolute Gasteiger partial charge is 0.328 e. The summed E-state index contributed by atoms with van der Waals surface area (Å²) in [5.74, 6) is 0.142. The van der Waals surface area contributed by atoms with E-state index < -0.39 is 0 Å². The molecule has 0 aromatic heterocycles. The second-order valence-electron chi connectivity index (χ2n) is 4.58. The van der Waals surface area contributed by atoms with Gasteiger partial charge >= 0.3 is 0 Å². The van der Waals surface area contributed by atoms with Crippen LogP contribution in [0.4, 0.5) is 5.69 Å². The van der Waals surface area contributed by atoms with Gasteiger partial charge in [-0.15, -0.1) is 0 Å². The molecular formula is C13H17ClN2O. The fourth-order valence-electron chi connectivity index (χ4n) is 2.10. The predicted octanol–water partition coefficient (Wildman–Crippen LogP) is 2.36. The van der Waals surface area contributed by atoms with Crippen molar-refractivity contribution in [2.45, 2.75) is 32.2 Å². The molecule has 0 spiro atoms. The molecule has 0 saturated heterocycles. The van der Waals surface area contributed by atoms with E-state index in [1.807, 2.05) is 30.0 Å². The smallest absolute Gasteiger partial charge is 0.227 e. The minimum absolute atomic E-state index is 0.0698. The van der Waals surface area contributed by atoms with Crippen LogP contribution in [0.1, 0.15) is 25.3 Å². The van der Waals surface area contributed by atoms with E-state index in [2.05, 4.69) is 0 Å². The topological polar surface area (TPSA) is 46.3 Å². The van der Waals surface area contributed by atoms with Gasteiger partial charge in [-0.2, -0.15) is 0 Å². The average molecular weight is 253 g/mol. The van der Waals surface area contributed by atoms with Gasteiger partial charge in [0.1, 0.15) is 0 Å². The Balaban J connectivity index is 2.10. The van der Waals surface area contributed by atoms with Crippen LogP contribution in [0, 0.1) is 0 Å². The van der Waals surface area contributed by atoms with Gasteiger partial charge in [0.25, 0.3) is 0 Å². The van der Waals surface area contributed by atoms with Crippen LogP contribution in [0.3, 0.4) is 0 Å². The lowest BCUT2D eigenvalue weighted by atomic mass is 10.1. The molecule has 1 atom stereocenters. The van der Waals surface area contributed by atoms with Gasteiger partial charge in [0.05, 0.1) is 0 Å². The van der Waals surface area contributed by atoms with E-state index in [0.29, 0.717) is 11.4 Å². The number of hydrogen-bond donors (Lipinski definition) is 1. The lowest BCUT2D eigenvalue weighted by Crippen LogP contribution is -2.30. The second-order valence-corrected chi connectivity index (χ2v) is 5.02. The fraction of sp³-hybridized carbons (Fsp3) is 0.462. The number of nitrogens with two attached hydrogens (primary N) is 1. The van der Waals surface area contributed by atoms with Gasteiger partial charge in [0, 0.05) is 29.7 Å². The van der Waals surface area contributed by atoms with Crippen molar-refractivity contribution in [2.75, 3.05) is 11.4 Å². The first kappa shape index (κ1) is 12.4. The molecule has 17 heavy (non-hydrogen) atoms. The summed E-state index contributed by atoms with van der Waals surface area (Å²) >= 11 is 5.96. The zero-order valence-corrected chi connectivity index (χ0v) is 10.7. The summed E-state index contributed by atoms with van der Waals surface area (Å²) in [6.07, 6.45) is 2.14. The van der Waals surface area contributed by atoms with E-state index in [1.165, 1.54) is 5.56 Å². The molecule has 1 aliphatic rings. The Morgan fingerprint density at radius 1 is 1.59 bits per heavy atom. The molecule has 0 radical (unpaired) electrons. The van der Waals surface area contributed by atoms with Crippen LogP contribution >= 0.6 is 11.6 Å². The molecule has 0 bridgehead atoms. The van der Waals surface area contributed by atoms with Crippen molar-refractivity contribution >= 4 is 23.2 Å². The maximum atomic E-state index is 12.1. The Hall–Kier alpha value is -1.06. The van der Waals surface area contributed by atoms with Crippen LogP contribution < -0.4 is 10.6 Å². The monoisotopic (exact) mass is 252 g/mol. The van der Waals surface area contributed by atoms with Crippen LogP contribution in [0.25, 0.3) is 0 Å². The third-order valence-electron chi connectivity index (χ3n) is 3.06. The van der Waals surface area contributed by atoms with E-state index in [9.17, 15) is 4.79 Å². The maximum absolute atomic E-state index is 12.1. The van der Waals surface area contributed by atoms with Gasteiger partial charge in [-0.05, 0) is 37.5 Å². The zero-order chi connectivity index (χ0) is 12.4. The number of benzene rings is 1. The molecule has 2 N–H and O–H groups in total. The third kappa shape index (κ3) is 2.79. The van der Waals surface area contributed by atoms with Crippen molar-refractivity contribution < 1.29 is 4.79 Å². The Morgan fingerprint density at radius 3 is 3.06 bits per heavy atom. The van der Waals surface area contributed by atoms with Gasteiger partial charge < -0.3 is 10.6 Å². The van der Waals surface area contributed by atoms with Gasteiger partial charge in [-0.25, -0.2) is 0 Å². The Labute approximate surface area is 107 Å². The van der Waals surface area contributed by atoms with E-state index in [4.69, 9.17) is 17.3 Å². The molecule has 3 nitrogen and oxygen atoms in total. The Bertz CT molecular complexity index is 431. The average Bonchev–Trinajstić information content (AvgIpc) is 2.68. The number of anilines is 1. The summed E-state index contributed by atoms with van der Waals surface area (Å²) in [6, 6.07) is 5.81. The van der Waals surface area contributed by atoms with Gasteiger partial charge in [-0.3, -0.25) is 4.79 Å². The molecule has 0 saturated carbocycles. The van der Waals surface area contributed by atoms with Crippen LogP contribution in [0.2, 0.25) is 5.02 Å². The zero-order valence-electron chi connectivity index (χ0n) is 9.95.